The first-order valence-electron chi connectivity index (χ1n) is 8.40. The monoisotopic (exact) mass is 405 g/mol. The molecule has 1 aromatic carbocycles. The summed E-state index contributed by atoms with van der Waals surface area (Å²) in [6, 6.07) is 4.38. The van der Waals surface area contributed by atoms with E-state index in [1.165, 1.54) is 16.4 Å². The number of fused-ring (bicyclic) bond motifs is 1. The van der Waals surface area contributed by atoms with E-state index in [9.17, 15) is 13.2 Å². The van der Waals surface area contributed by atoms with Crippen molar-refractivity contribution in [1.82, 2.24) is 9.62 Å². The highest BCUT2D eigenvalue weighted by molar-refractivity contribution is 7.89. The maximum Gasteiger partial charge on any atom is 0.243 e. The molecule has 3 N–H and O–H groups in total. The summed E-state index contributed by atoms with van der Waals surface area (Å²) >= 11 is 0. The highest BCUT2D eigenvalue weighted by Gasteiger charge is 2.34. The van der Waals surface area contributed by atoms with Gasteiger partial charge in [0.25, 0.3) is 0 Å². The highest BCUT2D eigenvalue weighted by atomic mass is 35.5. The van der Waals surface area contributed by atoms with E-state index < -0.39 is 10.0 Å². The van der Waals surface area contributed by atoms with Gasteiger partial charge in [-0.3, -0.25) is 4.79 Å². The molecule has 0 aliphatic carbocycles. The molecule has 1 unspecified atom stereocenters. The fourth-order valence-corrected chi connectivity index (χ4v) is 4.83. The van der Waals surface area contributed by atoms with Crippen LogP contribution in [0.1, 0.15) is 25.7 Å². The Morgan fingerprint density at radius 2 is 2.04 bits per heavy atom. The second kappa shape index (κ2) is 8.90. The maximum absolute atomic E-state index is 13.1. The Kier molecular flexibility index (Phi) is 7.10. The van der Waals surface area contributed by atoms with Crippen molar-refractivity contribution in [2.45, 2.75) is 36.6 Å². The lowest BCUT2D eigenvalue weighted by Gasteiger charge is -2.34. The van der Waals surface area contributed by atoms with Crippen LogP contribution in [0, 0.1) is 0 Å². The number of hydrogen-bond donors (Lipinski definition) is 2. The molecular formula is C16H24ClN3O5S. The third-order valence-corrected chi connectivity index (χ3v) is 6.38. The highest BCUT2D eigenvalue weighted by Crippen LogP contribution is 2.35. The van der Waals surface area contributed by atoms with E-state index in [1.807, 2.05) is 0 Å². The Labute approximate surface area is 159 Å². The molecule has 1 saturated heterocycles. The topological polar surface area (TPSA) is 111 Å². The number of nitrogens with one attached hydrogen (secondary N) is 1. The first-order valence-corrected chi connectivity index (χ1v) is 9.84. The predicted molar refractivity (Wildman–Crippen MR) is 98.0 cm³/mol. The van der Waals surface area contributed by atoms with Gasteiger partial charge in [-0.05, 0) is 25.0 Å². The van der Waals surface area contributed by atoms with Crippen molar-refractivity contribution in [1.29, 1.82) is 0 Å². The molecule has 2 aliphatic rings. The normalized spacial score (nSPS) is 19.7. The number of amides is 1. The minimum absolute atomic E-state index is 0. The Bertz CT molecular complexity index is 743. The number of piperidine rings is 1. The molecule has 10 heteroatoms. The van der Waals surface area contributed by atoms with Crippen LogP contribution in [0.4, 0.5) is 0 Å². The molecule has 0 aromatic heterocycles. The molecule has 2 heterocycles. The minimum atomic E-state index is -3.67. The molecule has 1 fully saturated rings. The van der Waals surface area contributed by atoms with Gasteiger partial charge in [0.2, 0.25) is 22.7 Å². The van der Waals surface area contributed by atoms with Crippen molar-refractivity contribution in [2.75, 3.05) is 26.4 Å². The summed E-state index contributed by atoms with van der Waals surface area (Å²) in [5.41, 5.74) is 5.37. The van der Waals surface area contributed by atoms with E-state index >= 15 is 0 Å². The van der Waals surface area contributed by atoms with Crippen LogP contribution >= 0.6 is 12.4 Å². The van der Waals surface area contributed by atoms with Gasteiger partial charge in [-0.15, -0.1) is 12.4 Å². The van der Waals surface area contributed by atoms with Gasteiger partial charge in [-0.2, -0.15) is 4.31 Å². The van der Waals surface area contributed by atoms with Gasteiger partial charge in [0.05, 0.1) is 4.90 Å². The number of carbonyl (C=O) groups excluding carboxylic acids is 1. The molecule has 3 rings (SSSR count). The summed E-state index contributed by atoms with van der Waals surface area (Å²) in [5.74, 6) is 0.822. The van der Waals surface area contributed by atoms with Crippen molar-refractivity contribution >= 4 is 28.3 Å². The van der Waals surface area contributed by atoms with Crippen LogP contribution in [0.3, 0.4) is 0 Å². The Hall–Kier alpha value is -1.55. The van der Waals surface area contributed by atoms with E-state index in [4.69, 9.17) is 15.2 Å². The summed E-state index contributed by atoms with van der Waals surface area (Å²) in [6.45, 7) is 1.10. The van der Waals surface area contributed by atoms with Crippen molar-refractivity contribution in [3.05, 3.63) is 18.2 Å². The van der Waals surface area contributed by atoms with Gasteiger partial charge < -0.3 is 20.5 Å². The zero-order chi connectivity index (χ0) is 17.9. The molecule has 146 valence electrons. The zero-order valence-electron chi connectivity index (χ0n) is 14.3. The first-order chi connectivity index (χ1) is 12.0. The lowest BCUT2D eigenvalue weighted by atomic mass is 10.1. The van der Waals surface area contributed by atoms with E-state index in [0.29, 0.717) is 31.0 Å². The average molecular weight is 406 g/mol. The van der Waals surface area contributed by atoms with E-state index in [0.717, 1.165) is 12.8 Å². The summed E-state index contributed by atoms with van der Waals surface area (Å²) in [5, 5.41) is 2.78. The molecule has 2 aliphatic heterocycles. The second-order valence-electron chi connectivity index (χ2n) is 6.12. The Morgan fingerprint density at radius 3 is 2.81 bits per heavy atom. The van der Waals surface area contributed by atoms with Crippen LogP contribution in [0.25, 0.3) is 0 Å². The summed E-state index contributed by atoms with van der Waals surface area (Å²) in [4.78, 5) is 11.8. The third-order valence-electron chi connectivity index (χ3n) is 4.43. The average Bonchev–Trinajstić information content (AvgIpc) is 3.08. The fraction of sp³-hybridized carbons (Fsp3) is 0.562. The number of hydrogen-bond acceptors (Lipinski definition) is 6. The fourth-order valence-electron chi connectivity index (χ4n) is 3.12. The Morgan fingerprint density at radius 1 is 1.27 bits per heavy atom. The molecule has 0 saturated carbocycles. The van der Waals surface area contributed by atoms with Crippen LogP contribution in [0.5, 0.6) is 11.5 Å². The summed E-state index contributed by atoms with van der Waals surface area (Å²) in [7, 11) is -3.67. The lowest BCUT2D eigenvalue weighted by Crippen LogP contribution is -2.49. The third kappa shape index (κ3) is 4.40. The summed E-state index contributed by atoms with van der Waals surface area (Å²) in [6.07, 6.45) is 2.69. The molecule has 1 amide bonds. The van der Waals surface area contributed by atoms with E-state index in [1.54, 1.807) is 6.07 Å². The number of halogens is 1. The smallest absolute Gasteiger partial charge is 0.243 e. The van der Waals surface area contributed by atoms with E-state index in [-0.39, 0.29) is 49.0 Å². The minimum Gasteiger partial charge on any atom is -0.454 e. The number of nitrogens with two attached hydrogens (primary N) is 1. The van der Waals surface area contributed by atoms with Crippen molar-refractivity contribution < 1.29 is 22.7 Å². The van der Waals surface area contributed by atoms with Crippen LogP contribution in [-0.2, 0) is 14.8 Å². The van der Waals surface area contributed by atoms with Crippen LogP contribution in [0.15, 0.2) is 23.1 Å². The van der Waals surface area contributed by atoms with Crippen molar-refractivity contribution in [3.8, 4) is 11.5 Å². The summed E-state index contributed by atoms with van der Waals surface area (Å²) < 4.78 is 38.1. The van der Waals surface area contributed by atoms with Crippen LogP contribution in [-0.4, -0.2) is 51.1 Å². The van der Waals surface area contributed by atoms with Gasteiger partial charge in [-0.25, -0.2) is 8.42 Å². The largest absolute Gasteiger partial charge is 0.454 e. The molecule has 8 nitrogen and oxygen atoms in total. The standard InChI is InChI=1S/C16H23N3O5S.ClH/c17-7-6-16(20)18-10-12-3-1-2-8-19(12)25(21,22)13-4-5-14-15(9-13)24-11-23-14;/h4-5,9,12H,1-3,6-8,10-11,17H2,(H,18,20);1H. The molecule has 1 atom stereocenters. The second-order valence-corrected chi connectivity index (χ2v) is 8.01. The van der Waals surface area contributed by atoms with Gasteiger partial charge in [-0.1, -0.05) is 6.42 Å². The van der Waals surface area contributed by atoms with Gasteiger partial charge in [0.15, 0.2) is 11.5 Å². The van der Waals surface area contributed by atoms with Crippen LogP contribution < -0.4 is 20.5 Å². The van der Waals surface area contributed by atoms with E-state index in [2.05, 4.69) is 5.32 Å². The first kappa shape index (κ1) is 20.8. The predicted octanol–water partition coefficient (Wildman–Crippen LogP) is 0.845. The van der Waals surface area contributed by atoms with Crippen molar-refractivity contribution in [2.24, 2.45) is 5.73 Å². The Balaban J connectivity index is 0.00000243. The lowest BCUT2D eigenvalue weighted by molar-refractivity contribution is -0.121. The van der Waals surface area contributed by atoms with Gasteiger partial charge >= 0.3 is 0 Å². The molecular weight excluding hydrogens is 382 g/mol. The molecule has 0 radical (unpaired) electrons. The molecule has 0 spiro atoms. The number of nitrogens with zero attached hydrogens (tertiary/aromatic N) is 1. The van der Waals surface area contributed by atoms with Gasteiger partial charge in [0.1, 0.15) is 0 Å². The number of rotatable bonds is 6. The number of ether oxygens (including phenoxy) is 2. The zero-order valence-corrected chi connectivity index (χ0v) is 16.0. The molecule has 26 heavy (non-hydrogen) atoms. The van der Waals surface area contributed by atoms with Crippen molar-refractivity contribution in [3.63, 3.8) is 0 Å². The maximum atomic E-state index is 13.1. The number of sulfonamides is 1. The number of carbonyl (C=O) groups is 1. The van der Waals surface area contributed by atoms with Crippen LogP contribution in [0.2, 0.25) is 0 Å². The molecule has 1 aromatic rings. The number of benzene rings is 1. The van der Waals surface area contributed by atoms with Gasteiger partial charge in [0, 0.05) is 38.2 Å². The SMILES string of the molecule is Cl.NCCC(=O)NCC1CCCCN1S(=O)(=O)c1ccc2c(c1)OCO2. The molecule has 0 bridgehead atoms. The quantitative estimate of drug-likeness (QED) is 0.725.